The molecular weight excluding hydrogens is 494 g/mol. The van der Waals surface area contributed by atoms with Crippen molar-refractivity contribution in [2.45, 2.75) is 38.3 Å². The van der Waals surface area contributed by atoms with Gasteiger partial charge >= 0.3 is 0 Å². The zero-order chi connectivity index (χ0) is 26.7. The average Bonchev–Trinajstić information content (AvgIpc) is 3.50. The predicted octanol–water partition coefficient (Wildman–Crippen LogP) is 6.64. The molecule has 0 aliphatic heterocycles. The molecule has 0 radical (unpaired) electrons. The summed E-state index contributed by atoms with van der Waals surface area (Å²) in [4.78, 5) is 18.0. The highest BCUT2D eigenvalue weighted by Crippen LogP contribution is 2.30. The van der Waals surface area contributed by atoms with E-state index in [1.807, 2.05) is 91.9 Å². The minimum Gasteiger partial charge on any atom is -0.494 e. The van der Waals surface area contributed by atoms with Crippen LogP contribution in [-0.2, 0) is 10.2 Å². The summed E-state index contributed by atoms with van der Waals surface area (Å²) in [6.45, 7) is 8.91. The normalized spacial score (nSPS) is 11.6. The highest BCUT2D eigenvalue weighted by atomic mass is 32.2. The zero-order valence-corrected chi connectivity index (χ0v) is 22.8. The van der Waals surface area contributed by atoms with E-state index in [0.717, 1.165) is 39.0 Å². The Bertz CT molecular complexity index is 1550. The summed E-state index contributed by atoms with van der Waals surface area (Å²) in [5, 5.41) is 8.62. The van der Waals surface area contributed by atoms with Gasteiger partial charge in [-0.05, 0) is 55.5 Å². The van der Waals surface area contributed by atoms with Crippen LogP contribution in [0.15, 0.2) is 90.1 Å². The molecule has 0 aliphatic carbocycles. The Hall–Kier alpha value is -4.04. The fourth-order valence-electron chi connectivity index (χ4n) is 4.12. The van der Waals surface area contributed by atoms with E-state index in [0.29, 0.717) is 12.4 Å². The number of anilines is 1. The van der Waals surface area contributed by atoms with E-state index in [1.54, 1.807) is 4.68 Å². The molecule has 0 saturated heterocycles. The Morgan fingerprint density at radius 3 is 2.37 bits per heavy atom. The van der Waals surface area contributed by atoms with Crippen LogP contribution in [0.2, 0.25) is 0 Å². The van der Waals surface area contributed by atoms with E-state index in [2.05, 4.69) is 30.7 Å². The van der Waals surface area contributed by atoms with Crippen molar-refractivity contribution in [1.29, 1.82) is 0 Å². The van der Waals surface area contributed by atoms with Gasteiger partial charge in [-0.3, -0.25) is 9.36 Å². The topological polar surface area (TPSA) is 74.0 Å². The molecule has 1 N–H and O–H groups in total. The van der Waals surface area contributed by atoms with Crippen molar-refractivity contribution in [3.63, 3.8) is 0 Å². The summed E-state index contributed by atoms with van der Waals surface area (Å²) in [6.07, 6.45) is 0. The number of nitrogens with one attached hydrogen (secondary N) is 1. The number of fused-ring (bicyclic) bond motifs is 1. The van der Waals surface area contributed by atoms with Crippen LogP contribution in [0.5, 0.6) is 5.75 Å². The number of amides is 1. The maximum absolute atomic E-state index is 13.2. The van der Waals surface area contributed by atoms with Crippen LogP contribution in [-0.4, -0.2) is 37.6 Å². The summed E-state index contributed by atoms with van der Waals surface area (Å²) < 4.78 is 9.47. The molecular formula is C30H31N5O2S. The van der Waals surface area contributed by atoms with Gasteiger partial charge in [0.15, 0.2) is 5.16 Å². The summed E-state index contributed by atoms with van der Waals surface area (Å²) in [6, 6.07) is 27.7. The van der Waals surface area contributed by atoms with Crippen LogP contribution in [0.1, 0.15) is 33.4 Å². The first-order chi connectivity index (χ1) is 18.3. The van der Waals surface area contributed by atoms with Crippen molar-refractivity contribution < 1.29 is 9.53 Å². The standard InChI is InChI=1S/C30H31N5O2S/c1-5-37-23-17-15-21(16-18-23)34-25-14-10-9-13-24(25)31-29(34)38-20-28(36)32-27-19-26(30(2,3)4)33-35(27)22-11-7-6-8-12-22/h6-19H,5,20H2,1-4H3,(H,32,36). The van der Waals surface area contributed by atoms with Gasteiger partial charge in [0.05, 0.1) is 34.8 Å². The number of hydrogen-bond donors (Lipinski definition) is 1. The second-order valence-corrected chi connectivity index (χ2v) is 10.8. The summed E-state index contributed by atoms with van der Waals surface area (Å²) in [7, 11) is 0. The molecule has 0 bridgehead atoms. The molecule has 5 rings (SSSR count). The van der Waals surface area contributed by atoms with Gasteiger partial charge in [-0.1, -0.05) is 62.9 Å². The molecule has 194 valence electrons. The lowest BCUT2D eigenvalue weighted by Crippen LogP contribution is -2.17. The molecule has 0 spiro atoms. The minimum absolute atomic E-state index is 0.127. The number of carbonyl (C=O) groups is 1. The second-order valence-electron chi connectivity index (χ2n) is 9.89. The van der Waals surface area contributed by atoms with E-state index >= 15 is 0 Å². The average molecular weight is 526 g/mol. The lowest BCUT2D eigenvalue weighted by molar-refractivity contribution is -0.113. The number of rotatable bonds is 8. The molecule has 0 unspecified atom stereocenters. The Kier molecular flexibility index (Phi) is 7.24. The third-order valence-corrected chi connectivity index (χ3v) is 6.95. The molecule has 8 heteroatoms. The number of aromatic nitrogens is 4. The molecule has 38 heavy (non-hydrogen) atoms. The lowest BCUT2D eigenvalue weighted by atomic mass is 9.92. The Labute approximate surface area is 226 Å². The van der Waals surface area contributed by atoms with Gasteiger partial charge in [0.2, 0.25) is 5.91 Å². The van der Waals surface area contributed by atoms with Gasteiger partial charge in [-0.15, -0.1) is 0 Å². The van der Waals surface area contributed by atoms with Crippen LogP contribution >= 0.6 is 11.8 Å². The van der Waals surface area contributed by atoms with E-state index in [4.69, 9.17) is 14.8 Å². The van der Waals surface area contributed by atoms with Crippen molar-refractivity contribution in [3.8, 4) is 17.1 Å². The Morgan fingerprint density at radius 2 is 1.66 bits per heavy atom. The number of benzene rings is 3. The molecule has 0 aliphatic rings. The molecule has 7 nitrogen and oxygen atoms in total. The highest BCUT2D eigenvalue weighted by Gasteiger charge is 2.22. The SMILES string of the molecule is CCOc1ccc(-n2c(SCC(=O)Nc3cc(C(C)(C)C)nn3-c3ccccc3)nc3ccccc32)cc1. The van der Waals surface area contributed by atoms with Crippen LogP contribution in [0.3, 0.4) is 0 Å². The van der Waals surface area contributed by atoms with Crippen molar-refractivity contribution in [1.82, 2.24) is 19.3 Å². The zero-order valence-electron chi connectivity index (χ0n) is 22.0. The van der Waals surface area contributed by atoms with E-state index in [9.17, 15) is 4.79 Å². The fourth-order valence-corrected chi connectivity index (χ4v) is 4.95. The number of imidazole rings is 1. The number of thioether (sulfide) groups is 1. The van der Waals surface area contributed by atoms with Gasteiger partial charge in [-0.2, -0.15) is 5.10 Å². The second kappa shape index (κ2) is 10.8. The number of ether oxygens (including phenoxy) is 1. The summed E-state index contributed by atoms with van der Waals surface area (Å²) in [5.74, 6) is 1.54. The largest absolute Gasteiger partial charge is 0.494 e. The predicted molar refractivity (Wildman–Crippen MR) is 154 cm³/mol. The van der Waals surface area contributed by atoms with Crippen molar-refractivity contribution in [2.75, 3.05) is 17.7 Å². The first kappa shape index (κ1) is 25.6. The molecule has 3 aromatic carbocycles. The van der Waals surface area contributed by atoms with Gasteiger partial charge in [0.25, 0.3) is 0 Å². The first-order valence-electron chi connectivity index (χ1n) is 12.6. The maximum atomic E-state index is 13.2. The van der Waals surface area contributed by atoms with E-state index < -0.39 is 0 Å². The molecule has 2 heterocycles. The summed E-state index contributed by atoms with van der Waals surface area (Å²) >= 11 is 1.40. The van der Waals surface area contributed by atoms with Crippen LogP contribution in [0, 0.1) is 0 Å². The van der Waals surface area contributed by atoms with Gasteiger partial charge in [-0.25, -0.2) is 9.67 Å². The fraction of sp³-hybridized carbons (Fsp3) is 0.233. The third kappa shape index (κ3) is 5.45. The van der Waals surface area contributed by atoms with Crippen LogP contribution in [0.4, 0.5) is 5.82 Å². The number of carbonyl (C=O) groups excluding carboxylic acids is 1. The van der Waals surface area contributed by atoms with E-state index in [-0.39, 0.29) is 17.1 Å². The number of hydrogen-bond acceptors (Lipinski definition) is 5. The number of para-hydroxylation sites is 3. The van der Waals surface area contributed by atoms with Crippen molar-refractivity contribution >= 4 is 34.5 Å². The van der Waals surface area contributed by atoms with Crippen LogP contribution < -0.4 is 10.1 Å². The highest BCUT2D eigenvalue weighted by molar-refractivity contribution is 7.99. The first-order valence-corrected chi connectivity index (χ1v) is 13.6. The Morgan fingerprint density at radius 1 is 0.947 bits per heavy atom. The van der Waals surface area contributed by atoms with Crippen molar-refractivity contribution in [2.24, 2.45) is 0 Å². The quantitative estimate of drug-likeness (QED) is 0.230. The molecule has 2 aromatic heterocycles. The molecule has 5 aromatic rings. The minimum atomic E-state index is -0.156. The molecule has 0 atom stereocenters. The molecule has 0 saturated carbocycles. The van der Waals surface area contributed by atoms with E-state index in [1.165, 1.54) is 11.8 Å². The smallest absolute Gasteiger partial charge is 0.236 e. The summed E-state index contributed by atoms with van der Waals surface area (Å²) in [5.41, 5.74) is 4.46. The maximum Gasteiger partial charge on any atom is 0.236 e. The van der Waals surface area contributed by atoms with Gasteiger partial charge in [0.1, 0.15) is 11.6 Å². The third-order valence-electron chi connectivity index (χ3n) is 6.01. The van der Waals surface area contributed by atoms with Crippen molar-refractivity contribution in [3.05, 3.63) is 90.6 Å². The van der Waals surface area contributed by atoms with Crippen LogP contribution in [0.25, 0.3) is 22.4 Å². The molecule has 0 fully saturated rings. The molecule has 1 amide bonds. The Balaban J connectivity index is 1.40. The lowest BCUT2D eigenvalue weighted by Gasteiger charge is -2.14. The van der Waals surface area contributed by atoms with Gasteiger partial charge in [0, 0.05) is 17.2 Å². The number of nitrogens with zero attached hydrogens (tertiary/aromatic N) is 4. The monoisotopic (exact) mass is 525 g/mol. The van der Waals surface area contributed by atoms with Gasteiger partial charge < -0.3 is 10.1 Å².